The lowest BCUT2D eigenvalue weighted by Gasteiger charge is -2.33. The van der Waals surface area contributed by atoms with Gasteiger partial charge in [-0.2, -0.15) is 17.4 Å². The predicted octanol–water partition coefficient (Wildman–Crippen LogP) is 2.04. The molecule has 0 amide bonds. The Kier molecular flexibility index (Phi) is 4.60. The van der Waals surface area contributed by atoms with Crippen LogP contribution in [0, 0.1) is 5.92 Å². The number of ether oxygens (including phenoxy) is 1. The maximum atomic E-state index is 12.8. The number of nitrogens with zero attached hydrogens (tertiary/aromatic N) is 1. The SMILES string of the molecule is COCC1CCCN1S(=O)(=O)NC1(C2CCCCC2)CC1. The number of hydrogen-bond donors (Lipinski definition) is 1. The molecule has 6 heteroatoms. The fraction of sp³-hybridized carbons (Fsp3) is 1.00. The molecule has 2 saturated carbocycles. The molecule has 0 bridgehead atoms. The minimum Gasteiger partial charge on any atom is -0.383 e. The molecule has 1 saturated heterocycles. The van der Waals surface area contributed by atoms with Gasteiger partial charge in [-0.1, -0.05) is 19.3 Å². The number of rotatable bonds is 6. The fourth-order valence-electron chi connectivity index (χ4n) is 4.18. The lowest BCUT2D eigenvalue weighted by molar-refractivity contribution is 0.147. The van der Waals surface area contributed by atoms with Crippen molar-refractivity contribution in [2.75, 3.05) is 20.3 Å². The van der Waals surface area contributed by atoms with Gasteiger partial charge in [0.1, 0.15) is 0 Å². The van der Waals surface area contributed by atoms with Crippen molar-refractivity contribution in [1.82, 2.24) is 9.03 Å². The minimum atomic E-state index is -3.37. The summed E-state index contributed by atoms with van der Waals surface area (Å²) >= 11 is 0. The van der Waals surface area contributed by atoms with Crippen molar-refractivity contribution in [3.63, 3.8) is 0 Å². The van der Waals surface area contributed by atoms with Gasteiger partial charge in [0.25, 0.3) is 10.2 Å². The summed E-state index contributed by atoms with van der Waals surface area (Å²) in [5, 5.41) is 0. The van der Waals surface area contributed by atoms with Crippen LogP contribution < -0.4 is 4.72 Å². The normalized spacial score (nSPS) is 30.6. The first-order chi connectivity index (χ1) is 10.1. The van der Waals surface area contributed by atoms with Crippen molar-refractivity contribution < 1.29 is 13.2 Å². The van der Waals surface area contributed by atoms with Gasteiger partial charge in [0.2, 0.25) is 0 Å². The number of nitrogens with one attached hydrogen (secondary N) is 1. The molecule has 0 aromatic carbocycles. The van der Waals surface area contributed by atoms with E-state index in [1.54, 1.807) is 11.4 Å². The zero-order chi connectivity index (χ0) is 14.9. The highest BCUT2D eigenvalue weighted by atomic mass is 32.2. The second-order valence-corrected chi connectivity index (χ2v) is 8.58. The molecular weight excluding hydrogens is 288 g/mol. The molecule has 0 spiro atoms. The molecule has 3 aliphatic rings. The van der Waals surface area contributed by atoms with Gasteiger partial charge in [0.15, 0.2) is 0 Å². The molecule has 1 N–H and O–H groups in total. The van der Waals surface area contributed by atoms with Gasteiger partial charge in [0.05, 0.1) is 6.61 Å². The van der Waals surface area contributed by atoms with Gasteiger partial charge < -0.3 is 4.74 Å². The second kappa shape index (κ2) is 6.14. The molecule has 0 aromatic rings. The van der Waals surface area contributed by atoms with Crippen molar-refractivity contribution >= 4 is 10.2 Å². The van der Waals surface area contributed by atoms with Gasteiger partial charge in [-0.05, 0) is 44.4 Å². The summed E-state index contributed by atoms with van der Waals surface area (Å²) in [5.41, 5.74) is -0.126. The van der Waals surface area contributed by atoms with E-state index in [1.807, 2.05) is 0 Å². The largest absolute Gasteiger partial charge is 0.383 e. The summed E-state index contributed by atoms with van der Waals surface area (Å²) in [6.45, 7) is 1.13. The first kappa shape index (κ1) is 15.7. The molecular formula is C15H28N2O3S. The fourth-order valence-corrected chi connectivity index (χ4v) is 6.11. The highest BCUT2D eigenvalue weighted by Crippen LogP contribution is 2.49. The smallest absolute Gasteiger partial charge is 0.280 e. The van der Waals surface area contributed by atoms with E-state index in [0.717, 1.165) is 25.7 Å². The van der Waals surface area contributed by atoms with Crippen LogP contribution in [0.15, 0.2) is 0 Å². The third-order valence-corrected chi connectivity index (χ3v) is 7.26. The third-order valence-electron chi connectivity index (χ3n) is 5.50. The van der Waals surface area contributed by atoms with Crippen LogP contribution in [-0.2, 0) is 14.9 Å². The molecule has 0 radical (unpaired) electrons. The average Bonchev–Trinajstić information content (AvgIpc) is 3.08. The Bertz CT molecular complexity index is 456. The molecule has 1 aliphatic heterocycles. The van der Waals surface area contributed by atoms with E-state index in [4.69, 9.17) is 4.74 Å². The highest BCUT2D eigenvalue weighted by Gasteiger charge is 2.53. The molecule has 21 heavy (non-hydrogen) atoms. The zero-order valence-electron chi connectivity index (χ0n) is 13.0. The van der Waals surface area contributed by atoms with E-state index >= 15 is 0 Å². The van der Waals surface area contributed by atoms with Gasteiger partial charge in [-0.3, -0.25) is 0 Å². The summed E-state index contributed by atoms with van der Waals surface area (Å²) in [6, 6.07) is 0.00894. The molecule has 1 unspecified atom stereocenters. The summed E-state index contributed by atoms with van der Waals surface area (Å²) in [5.74, 6) is 0.546. The Morgan fingerprint density at radius 1 is 1.14 bits per heavy atom. The van der Waals surface area contributed by atoms with Gasteiger partial charge in [-0.25, -0.2) is 0 Å². The highest BCUT2D eigenvalue weighted by molar-refractivity contribution is 7.87. The summed E-state index contributed by atoms with van der Waals surface area (Å²) in [4.78, 5) is 0. The van der Waals surface area contributed by atoms with Crippen molar-refractivity contribution in [3.8, 4) is 0 Å². The maximum absolute atomic E-state index is 12.8. The quantitative estimate of drug-likeness (QED) is 0.816. The van der Waals surface area contributed by atoms with Crippen LogP contribution in [0.5, 0.6) is 0 Å². The standard InChI is InChI=1S/C15H28N2O3S/c1-20-12-14-8-5-11-17(14)21(18,19)16-15(9-10-15)13-6-3-2-4-7-13/h13-14,16H,2-12H2,1H3. The molecule has 3 rings (SSSR count). The average molecular weight is 316 g/mol. The molecule has 122 valence electrons. The van der Waals surface area contributed by atoms with E-state index in [1.165, 1.54) is 32.1 Å². The summed E-state index contributed by atoms with van der Waals surface area (Å²) in [6.07, 6.45) is 10.1. The Labute approximate surface area is 128 Å². The molecule has 3 fully saturated rings. The Hall–Kier alpha value is -0.170. The maximum Gasteiger partial charge on any atom is 0.280 e. The second-order valence-electron chi connectivity index (χ2n) is 6.96. The predicted molar refractivity (Wildman–Crippen MR) is 82.2 cm³/mol. The Morgan fingerprint density at radius 2 is 1.86 bits per heavy atom. The minimum absolute atomic E-state index is 0.00894. The molecule has 2 aliphatic carbocycles. The van der Waals surface area contributed by atoms with Crippen molar-refractivity contribution in [2.45, 2.75) is 69.4 Å². The lowest BCUT2D eigenvalue weighted by Crippen LogP contribution is -2.51. The lowest BCUT2D eigenvalue weighted by atomic mass is 9.83. The Morgan fingerprint density at radius 3 is 2.48 bits per heavy atom. The van der Waals surface area contributed by atoms with Crippen molar-refractivity contribution in [1.29, 1.82) is 0 Å². The van der Waals surface area contributed by atoms with Crippen LogP contribution >= 0.6 is 0 Å². The van der Waals surface area contributed by atoms with Crippen LogP contribution in [0.3, 0.4) is 0 Å². The first-order valence-corrected chi connectivity index (χ1v) is 9.81. The number of methoxy groups -OCH3 is 1. The van der Waals surface area contributed by atoms with Crippen molar-refractivity contribution in [3.05, 3.63) is 0 Å². The topological polar surface area (TPSA) is 58.6 Å². The number of hydrogen-bond acceptors (Lipinski definition) is 3. The first-order valence-electron chi connectivity index (χ1n) is 8.37. The zero-order valence-corrected chi connectivity index (χ0v) is 13.8. The molecule has 5 nitrogen and oxygen atoms in total. The Balaban J connectivity index is 1.68. The van der Waals surface area contributed by atoms with E-state index in [9.17, 15) is 8.42 Å². The summed E-state index contributed by atoms with van der Waals surface area (Å²) in [7, 11) is -1.73. The third kappa shape index (κ3) is 3.28. The van der Waals surface area contributed by atoms with E-state index in [2.05, 4.69) is 4.72 Å². The molecule has 0 aromatic heterocycles. The van der Waals surface area contributed by atoms with Crippen LogP contribution in [0.4, 0.5) is 0 Å². The van der Waals surface area contributed by atoms with Crippen molar-refractivity contribution in [2.24, 2.45) is 5.92 Å². The van der Waals surface area contributed by atoms with E-state index in [-0.39, 0.29) is 11.6 Å². The molecule has 1 heterocycles. The van der Waals surface area contributed by atoms with Crippen LogP contribution in [0.1, 0.15) is 57.8 Å². The van der Waals surface area contributed by atoms with E-state index in [0.29, 0.717) is 19.1 Å². The van der Waals surface area contributed by atoms with Gasteiger partial charge >= 0.3 is 0 Å². The van der Waals surface area contributed by atoms with Gasteiger partial charge in [-0.15, -0.1) is 0 Å². The molecule has 1 atom stereocenters. The van der Waals surface area contributed by atoms with Crippen LogP contribution in [0.25, 0.3) is 0 Å². The summed E-state index contributed by atoms with van der Waals surface area (Å²) < 4.78 is 35.5. The van der Waals surface area contributed by atoms with Gasteiger partial charge in [0, 0.05) is 25.2 Å². The van der Waals surface area contributed by atoms with Crippen LogP contribution in [-0.4, -0.2) is 44.6 Å². The monoisotopic (exact) mass is 316 g/mol. The van der Waals surface area contributed by atoms with Crippen LogP contribution in [0.2, 0.25) is 0 Å². The van der Waals surface area contributed by atoms with E-state index < -0.39 is 10.2 Å².